The second-order valence-electron chi connectivity index (χ2n) is 7.83. The fourth-order valence-corrected chi connectivity index (χ4v) is 4.25. The van der Waals surface area contributed by atoms with Gasteiger partial charge in [-0.1, -0.05) is 0 Å². The number of pyridine rings is 2. The number of hydrogen-bond acceptors (Lipinski definition) is 7. The third-order valence-electron chi connectivity index (χ3n) is 5.92. The van der Waals surface area contributed by atoms with E-state index in [0.717, 1.165) is 0 Å². The van der Waals surface area contributed by atoms with Crippen LogP contribution in [0.2, 0.25) is 0 Å². The molecule has 0 aliphatic carbocycles. The van der Waals surface area contributed by atoms with Gasteiger partial charge in [0.25, 0.3) is 5.56 Å². The molecular weight excluding hydrogens is 424 g/mol. The molecule has 1 aliphatic heterocycles. The molecule has 11 heteroatoms. The van der Waals surface area contributed by atoms with Crippen LogP contribution in [0.5, 0.6) is 0 Å². The maximum absolute atomic E-state index is 13.0. The van der Waals surface area contributed by atoms with Crippen LogP contribution >= 0.6 is 0 Å². The van der Waals surface area contributed by atoms with Gasteiger partial charge in [0.1, 0.15) is 5.52 Å². The van der Waals surface area contributed by atoms with E-state index in [1.54, 1.807) is 21.6 Å². The van der Waals surface area contributed by atoms with Crippen LogP contribution in [0.4, 0.5) is 5.95 Å². The molecule has 0 radical (unpaired) electrons. The average Bonchev–Trinajstić information content (AvgIpc) is 2.84. The molecule has 0 bridgehead atoms. The van der Waals surface area contributed by atoms with E-state index in [-0.39, 0.29) is 23.3 Å². The number of H-pyrrole nitrogens is 1. The van der Waals surface area contributed by atoms with E-state index in [4.69, 9.17) is 11.6 Å². The molecule has 4 aromatic rings. The SMILES string of the molecule is [C-]#[N+]c1ncc(-c2ccc3ncc4c(=O)[nH]c(=O)n(C5CCN(C(C)=O)CC5)c4c3n2)cn1. The van der Waals surface area contributed by atoms with Crippen molar-refractivity contribution in [3.05, 3.63) is 63.0 Å². The highest BCUT2D eigenvalue weighted by atomic mass is 16.2. The maximum atomic E-state index is 13.0. The number of aromatic nitrogens is 6. The summed E-state index contributed by atoms with van der Waals surface area (Å²) in [4.78, 5) is 61.7. The van der Waals surface area contributed by atoms with Gasteiger partial charge >= 0.3 is 11.6 Å². The van der Waals surface area contributed by atoms with Gasteiger partial charge in [0, 0.05) is 32.3 Å². The summed E-state index contributed by atoms with van der Waals surface area (Å²) >= 11 is 0. The van der Waals surface area contributed by atoms with Crippen LogP contribution in [-0.4, -0.2) is 53.4 Å². The van der Waals surface area contributed by atoms with Gasteiger partial charge in [-0.2, -0.15) is 9.97 Å². The van der Waals surface area contributed by atoms with Gasteiger partial charge < -0.3 is 9.74 Å². The van der Waals surface area contributed by atoms with Crippen molar-refractivity contribution >= 4 is 33.8 Å². The zero-order valence-corrected chi connectivity index (χ0v) is 17.6. The van der Waals surface area contributed by atoms with E-state index in [0.29, 0.717) is 53.7 Å². The van der Waals surface area contributed by atoms with Crippen LogP contribution in [-0.2, 0) is 4.79 Å². The summed E-state index contributed by atoms with van der Waals surface area (Å²) in [6.07, 6.45) is 5.62. The van der Waals surface area contributed by atoms with E-state index < -0.39 is 11.2 Å². The minimum absolute atomic E-state index is 0.000429. The van der Waals surface area contributed by atoms with Crippen LogP contribution in [0.3, 0.4) is 0 Å². The minimum Gasteiger partial charge on any atom is -0.394 e. The maximum Gasteiger partial charge on any atom is 0.371 e. The Labute approximate surface area is 186 Å². The van der Waals surface area contributed by atoms with Crippen molar-refractivity contribution < 1.29 is 4.79 Å². The zero-order valence-electron chi connectivity index (χ0n) is 17.6. The molecule has 0 spiro atoms. The summed E-state index contributed by atoms with van der Waals surface area (Å²) < 4.78 is 1.58. The Morgan fingerprint density at radius 2 is 1.85 bits per heavy atom. The van der Waals surface area contributed by atoms with E-state index in [1.807, 2.05) is 0 Å². The Hall–Kier alpha value is -4.46. The lowest BCUT2D eigenvalue weighted by molar-refractivity contribution is -0.130. The predicted molar refractivity (Wildman–Crippen MR) is 120 cm³/mol. The number of amides is 1. The first-order valence-corrected chi connectivity index (χ1v) is 10.4. The van der Waals surface area contributed by atoms with Crippen LogP contribution < -0.4 is 11.2 Å². The number of nitrogens with zero attached hydrogens (tertiary/aromatic N) is 7. The number of carbonyl (C=O) groups is 1. The number of rotatable bonds is 2. The van der Waals surface area contributed by atoms with E-state index in [2.05, 4.69) is 24.8 Å². The highest BCUT2D eigenvalue weighted by Crippen LogP contribution is 2.28. The molecule has 0 unspecified atom stereocenters. The first kappa shape index (κ1) is 20.4. The van der Waals surface area contributed by atoms with Crippen molar-refractivity contribution in [3.63, 3.8) is 0 Å². The molecular formula is C22H18N8O3. The average molecular weight is 442 g/mol. The fraction of sp³-hybridized carbons (Fsp3) is 0.273. The molecule has 0 saturated carbocycles. The Morgan fingerprint density at radius 3 is 2.52 bits per heavy atom. The first-order chi connectivity index (χ1) is 16.0. The number of piperidine rings is 1. The fourth-order valence-electron chi connectivity index (χ4n) is 4.25. The van der Waals surface area contributed by atoms with Crippen molar-refractivity contribution in [3.8, 4) is 11.3 Å². The molecule has 1 fully saturated rings. The monoisotopic (exact) mass is 442 g/mol. The summed E-state index contributed by atoms with van der Waals surface area (Å²) in [5.41, 5.74) is 1.43. The van der Waals surface area contributed by atoms with Crippen LogP contribution in [0.1, 0.15) is 25.8 Å². The molecule has 1 saturated heterocycles. The van der Waals surface area contributed by atoms with E-state index in [9.17, 15) is 14.4 Å². The molecule has 5 heterocycles. The minimum atomic E-state index is -0.529. The highest BCUT2D eigenvalue weighted by Gasteiger charge is 2.26. The van der Waals surface area contributed by atoms with Gasteiger partial charge in [-0.05, 0) is 25.0 Å². The van der Waals surface area contributed by atoms with Crippen molar-refractivity contribution in [2.24, 2.45) is 0 Å². The molecule has 1 amide bonds. The predicted octanol–water partition coefficient (Wildman–Crippen LogP) is 1.82. The third kappa shape index (κ3) is 3.51. The lowest BCUT2D eigenvalue weighted by Crippen LogP contribution is -2.41. The normalized spacial score (nSPS) is 14.5. The Morgan fingerprint density at radius 1 is 1.12 bits per heavy atom. The molecule has 0 aromatic carbocycles. The number of nitrogens with one attached hydrogen (secondary N) is 1. The number of aromatic amines is 1. The number of carbonyl (C=O) groups excluding carboxylic acids is 1. The van der Waals surface area contributed by atoms with Gasteiger partial charge in [-0.25, -0.2) is 9.78 Å². The Kier molecular flexibility index (Phi) is 4.90. The summed E-state index contributed by atoms with van der Waals surface area (Å²) in [7, 11) is 0. The van der Waals surface area contributed by atoms with Gasteiger partial charge in [-0.15, -0.1) is 6.57 Å². The first-order valence-electron chi connectivity index (χ1n) is 10.4. The van der Waals surface area contributed by atoms with Gasteiger partial charge in [0.15, 0.2) is 0 Å². The van der Waals surface area contributed by atoms with Crippen molar-refractivity contribution in [2.75, 3.05) is 13.1 Å². The molecule has 4 aromatic heterocycles. The topological polar surface area (TPSA) is 131 Å². The van der Waals surface area contributed by atoms with Gasteiger partial charge in [-0.3, -0.25) is 24.1 Å². The quantitative estimate of drug-likeness (QED) is 0.370. The van der Waals surface area contributed by atoms with Crippen LogP contribution in [0.25, 0.3) is 38.0 Å². The smallest absolute Gasteiger partial charge is 0.371 e. The summed E-state index contributed by atoms with van der Waals surface area (Å²) in [5, 5.41) is 0.264. The van der Waals surface area contributed by atoms with Gasteiger partial charge in [0.05, 0.1) is 40.1 Å². The second-order valence-corrected chi connectivity index (χ2v) is 7.83. The molecule has 5 rings (SSSR count). The van der Waals surface area contributed by atoms with E-state index in [1.165, 1.54) is 25.5 Å². The molecule has 0 atom stereocenters. The number of hydrogen-bond donors (Lipinski definition) is 1. The van der Waals surface area contributed by atoms with Crippen LogP contribution in [0, 0.1) is 6.57 Å². The second kappa shape index (κ2) is 7.90. The summed E-state index contributed by atoms with van der Waals surface area (Å²) in [5.74, 6) is 0.0310. The largest absolute Gasteiger partial charge is 0.394 e. The summed E-state index contributed by atoms with van der Waals surface area (Å²) in [6.45, 7) is 9.59. The zero-order chi connectivity index (χ0) is 23.1. The van der Waals surface area contributed by atoms with Gasteiger partial charge in [0.2, 0.25) is 5.91 Å². The lowest BCUT2D eigenvalue weighted by atomic mass is 10.0. The van der Waals surface area contributed by atoms with Crippen LogP contribution in [0.15, 0.2) is 40.3 Å². The molecule has 1 aliphatic rings. The summed E-state index contributed by atoms with van der Waals surface area (Å²) in [6, 6.07) is 3.30. The van der Waals surface area contributed by atoms with Crippen molar-refractivity contribution in [2.45, 2.75) is 25.8 Å². The number of likely N-dealkylation sites (tertiary alicyclic amines) is 1. The van der Waals surface area contributed by atoms with Crippen molar-refractivity contribution in [1.29, 1.82) is 0 Å². The lowest BCUT2D eigenvalue weighted by Gasteiger charge is -2.32. The molecule has 11 nitrogen and oxygen atoms in total. The molecule has 164 valence electrons. The molecule has 1 N–H and O–H groups in total. The Balaban J connectivity index is 1.72. The standard InChI is InChI=1S/C22H18N8O3/c1-12(31)29-7-5-14(6-8-29)30-19-15(20(32)28-22(30)33)11-24-17-4-3-16(27-18(17)19)13-9-25-21(23-2)26-10-13/h3-4,9-11,14H,5-8H2,1H3,(H,28,32,33). The number of fused-ring (bicyclic) bond motifs is 3. The highest BCUT2D eigenvalue weighted by molar-refractivity contribution is 6.01. The Bertz CT molecular complexity index is 1560. The molecule has 33 heavy (non-hydrogen) atoms. The third-order valence-corrected chi connectivity index (χ3v) is 5.92. The van der Waals surface area contributed by atoms with Crippen molar-refractivity contribution in [1.82, 2.24) is 34.4 Å². The van der Waals surface area contributed by atoms with E-state index >= 15 is 0 Å².